The molecule has 0 fully saturated rings. The van der Waals surface area contributed by atoms with Gasteiger partial charge >= 0.3 is 0 Å². The van der Waals surface area contributed by atoms with Crippen LogP contribution in [-0.4, -0.2) is 26.0 Å². The molecule has 122 valence electrons. The molecule has 0 aromatic heterocycles. The third-order valence-corrected chi connectivity index (χ3v) is 4.54. The van der Waals surface area contributed by atoms with Crippen molar-refractivity contribution in [3.05, 3.63) is 53.1 Å². The molecular formula is C17H18ClFN2OS. The van der Waals surface area contributed by atoms with Crippen molar-refractivity contribution in [2.45, 2.75) is 11.3 Å². The van der Waals surface area contributed by atoms with Crippen LogP contribution in [0.25, 0.3) is 0 Å². The largest absolute Gasteiger partial charge is 0.463 e. The summed E-state index contributed by atoms with van der Waals surface area (Å²) in [7, 11) is 1.79. The molecule has 0 saturated heterocycles. The van der Waals surface area contributed by atoms with Crippen LogP contribution in [-0.2, 0) is 6.42 Å². The lowest BCUT2D eigenvalue weighted by Crippen LogP contribution is -2.27. The summed E-state index contributed by atoms with van der Waals surface area (Å²) in [6, 6.07) is 12.8. The highest BCUT2D eigenvalue weighted by Crippen LogP contribution is 2.25. The second-order valence-electron chi connectivity index (χ2n) is 4.89. The molecule has 0 bridgehead atoms. The Balaban J connectivity index is 2.15. The predicted octanol–water partition coefficient (Wildman–Crippen LogP) is 5.02. The minimum atomic E-state index is -0.873. The van der Waals surface area contributed by atoms with E-state index in [1.165, 1.54) is 0 Å². The maximum Gasteiger partial charge on any atom is 0.228 e. The number of anilines is 1. The average Bonchev–Trinajstić information content (AvgIpc) is 2.56. The Labute approximate surface area is 144 Å². The smallest absolute Gasteiger partial charge is 0.228 e. The van der Waals surface area contributed by atoms with Crippen LogP contribution in [0.3, 0.4) is 0 Å². The number of rotatable bonds is 6. The van der Waals surface area contributed by atoms with E-state index in [4.69, 9.17) is 21.7 Å². The predicted molar refractivity (Wildman–Crippen MR) is 96.1 cm³/mol. The number of thioether (sulfide) groups is 1. The Morgan fingerprint density at radius 1 is 1.30 bits per heavy atom. The van der Waals surface area contributed by atoms with E-state index in [-0.39, 0.29) is 0 Å². The highest BCUT2D eigenvalue weighted by atomic mass is 35.5. The molecule has 2 aromatic carbocycles. The van der Waals surface area contributed by atoms with Gasteiger partial charge in [0.15, 0.2) is 0 Å². The van der Waals surface area contributed by atoms with Crippen LogP contribution < -0.4 is 9.64 Å². The zero-order chi connectivity index (χ0) is 16.8. The van der Waals surface area contributed by atoms with E-state index in [0.29, 0.717) is 23.0 Å². The number of alkyl halides is 1. The zero-order valence-electron chi connectivity index (χ0n) is 13.0. The first-order valence-corrected chi connectivity index (χ1v) is 8.58. The van der Waals surface area contributed by atoms with Gasteiger partial charge in [-0.05, 0) is 42.2 Å². The van der Waals surface area contributed by atoms with E-state index in [2.05, 4.69) is 0 Å². The Morgan fingerprint density at radius 2 is 2.09 bits per heavy atom. The molecule has 0 atom stereocenters. The van der Waals surface area contributed by atoms with E-state index in [1.807, 2.05) is 30.5 Å². The van der Waals surface area contributed by atoms with Gasteiger partial charge in [0.05, 0.1) is 0 Å². The molecule has 6 heteroatoms. The number of likely N-dealkylation sites (N-methyl/N-ethyl adjacent to an activating group) is 1. The standard InChI is InChI=1S/C17H18ClFN2OS/c1-21(13-4-3-5-14(10-13)22-11-19)17(20)9-12-8-15(23-2)6-7-16(12)18/h3-8,10,20H,9,11H2,1-2H3/i19-1. The number of nitrogens with zero attached hydrogens (tertiary/aromatic N) is 1. The summed E-state index contributed by atoms with van der Waals surface area (Å²) >= 11 is 7.86. The molecule has 0 saturated carbocycles. The van der Waals surface area contributed by atoms with Gasteiger partial charge in [0.2, 0.25) is 6.86 Å². The summed E-state index contributed by atoms with van der Waals surface area (Å²) in [5.41, 5.74) is 1.67. The fraction of sp³-hybridized carbons (Fsp3) is 0.235. The Hall–Kier alpha value is -1.72. The molecule has 2 aromatic rings. The first kappa shape index (κ1) is 17.6. The maximum absolute atomic E-state index is 12.3. The van der Waals surface area contributed by atoms with Gasteiger partial charge in [0.25, 0.3) is 0 Å². The molecule has 0 amide bonds. The highest BCUT2D eigenvalue weighted by Gasteiger charge is 2.11. The minimum Gasteiger partial charge on any atom is -0.463 e. The van der Waals surface area contributed by atoms with Gasteiger partial charge in [-0.1, -0.05) is 17.7 Å². The van der Waals surface area contributed by atoms with Crippen molar-refractivity contribution in [1.29, 1.82) is 5.41 Å². The minimum absolute atomic E-state index is 0.391. The fourth-order valence-corrected chi connectivity index (χ4v) is 2.76. The summed E-state index contributed by atoms with van der Waals surface area (Å²) in [5.74, 6) is 0.828. The van der Waals surface area contributed by atoms with Gasteiger partial charge in [0.1, 0.15) is 11.6 Å². The second-order valence-corrected chi connectivity index (χ2v) is 6.18. The molecule has 2 rings (SSSR count). The molecule has 1 N–H and O–H groups in total. The van der Waals surface area contributed by atoms with Crippen molar-refractivity contribution < 1.29 is 9.13 Å². The number of ether oxygens (including phenoxy) is 1. The Morgan fingerprint density at radius 3 is 2.78 bits per heavy atom. The zero-order valence-corrected chi connectivity index (χ0v) is 14.5. The van der Waals surface area contributed by atoms with Crippen LogP contribution in [0.5, 0.6) is 5.75 Å². The van der Waals surface area contributed by atoms with Crippen molar-refractivity contribution in [3.8, 4) is 5.75 Å². The fourth-order valence-electron chi connectivity index (χ4n) is 2.11. The van der Waals surface area contributed by atoms with Gasteiger partial charge in [-0.3, -0.25) is 5.41 Å². The topological polar surface area (TPSA) is 36.3 Å². The molecule has 0 spiro atoms. The number of amidine groups is 1. The SMILES string of the molecule is CSc1ccc(Cl)c(CC(=N)N(C)c2cccc(OC[18F])c2)c1. The highest BCUT2D eigenvalue weighted by molar-refractivity contribution is 7.98. The van der Waals surface area contributed by atoms with Crippen LogP contribution >= 0.6 is 23.4 Å². The second kappa shape index (κ2) is 8.22. The molecule has 0 radical (unpaired) electrons. The van der Waals surface area contributed by atoms with Crippen LogP contribution in [0.1, 0.15) is 5.56 Å². The third-order valence-electron chi connectivity index (χ3n) is 3.44. The normalized spacial score (nSPS) is 10.4. The number of hydrogen-bond donors (Lipinski definition) is 1. The van der Waals surface area contributed by atoms with Crippen LogP contribution in [0.2, 0.25) is 5.02 Å². The first-order valence-electron chi connectivity index (χ1n) is 6.97. The summed E-state index contributed by atoms with van der Waals surface area (Å²) in [4.78, 5) is 2.84. The third kappa shape index (κ3) is 4.62. The van der Waals surface area contributed by atoms with Gasteiger partial charge < -0.3 is 9.64 Å². The van der Waals surface area contributed by atoms with Crippen LogP contribution in [0, 0.1) is 5.41 Å². The van der Waals surface area contributed by atoms with Crippen molar-refractivity contribution in [3.63, 3.8) is 0 Å². The summed E-state index contributed by atoms with van der Waals surface area (Å²) < 4.78 is 17.1. The molecule has 23 heavy (non-hydrogen) atoms. The lowest BCUT2D eigenvalue weighted by atomic mass is 10.1. The van der Waals surface area contributed by atoms with Gasteiger partial charge in [0, 0.05) is 35.1 Å². The Kier molecular flexibility index (Phi) is 6.30. The maximum atomic E-state index is 12.3. The monoisotopic (exact) mass is 351 g/mol. The average molecular weight is 352 g/mol. The summed E-state index contributed by atoms with van der Waals surface area (Å²) in [6.07, 6.45) is 2.42. The molecular weight excluding hydrogens is 334 g/mol. The van der Waals surface area contributed by atoms with E-state index in [1.54, 1.807) is 41.9 Å². The molecule has 0 unspecified atom stereocenters. The lowest BCUT2D eigenvalue weighted by molar-refractivity contribution is 0.192. The van der Waals surface area contributed by atoms with Crippen molar-refractivity contribution in [2.24, 2.45) is 0 Å². The molecule has 3 nitrogen and oxygen atoms in total. The number of nitrogens with one attached hydrogen (secondary N) is 1. The van der Waals surface area contributed by atoms with Crippen LogP contribution in [0.15, 0.2) is 47.4 Å². The number of halogens is 2. The van der Waals surface area contributed by atoms with Gasteiger partial charge in [-0.2, -0.15) is 0 Å². The summed E-state index contributed by atoms with van der Waals surface area (Å²) in [6.45, 7) is -0.873. The first-order chi connectivity index (χ1) is 11.0. The van der Waals surface area contributed by atoms with E-state index >= 15 is 0 Å². The quantitative estimate of drug-likeness (QED) is 0.451. The van der Waals surface area contributed by atoms with Gasteiger partial charge in [-0.25, -0.2) is 4.39 Å². The molecule has 0 heterocycles. The number of benzene rings is 2. The van der Waals surface area contributed by atoms with Gasteiger partial charge in [-0.15, -0.1) is 11.8 Å². The van der Waals surface area contributed by atoms with Crippen LogP contribution in [0.4, 0.5) is 10.1 Å². The Bertz CT molecular complexity index is 696. The van der Waals surface area contributed by atoms with Crippen molar-refractivity contribution in [2.75, 3.05) is 25.1 Å². The van der Waals surface area contributed by atoms with E-state index in [9.17, 15) is 4.39 Å². The molecule has 0 aliphatic heterocycles. The molecule has 0 aliphatic rings. The summed E-state index contributed by atoms with van der Waals surface area (Å²) in [5, 5.41) is 8.96. The number of hydrogen-bond acceptors (Lipinski definition) is 3. The lowest BCUT2D eigenvalue weighted by Gasteiger charge is -2.21. The molecule has 0 aliphatic carbocycles. The van der Waals surface area contributed by atoms with Crippen molar-refractivity contribution in [1.82, 2.24) is 0 Å². The van der Waals surface area contributed by atoms with Crippen molar-refractivity contribution >= 4 is 34.9 Å². The van der Waals surface area contributed by atoms with E-state index in [0.717, 1.165) is 16.1 Å². The van der Waals surface area contributed by atoms with E-state index < -0.39 is 6.86 Å².